The van der Waals surface area contributed by atoms with Crippen molar-refractivity contribution >= 4 is 0 Å². The SMILES string of the molecule is CCCCC(C)c1nnc(CCc2ccc(CC)cc2)o1. The topological polar surface area (TPSA) is 38.9 Å². The van der Waals surface area contributed by atoms with Gasteiger partial charge in [0.2, 0.25) is 11.8 Å². The summed E-state index contributed by atoms with van der Waals surface area (Å²) in [4.78, 5) is 0. The van der Waals surface area contributed by atoms with Gasteiger partial charge in [-0.05, 0) is 30.4 Å². The fraction of sp³-hybridized carbons (Fsp3) is 0.556. The Labute approximate surface area is 127 Å². The molecule has 1 atom stereocenters. The van der Waals surface area contributed by atoms with E-state index in [1.807, 2.05) is 0 Å². The Bertz CT molecular complexity index is 530. The summed E-state index contributed by atoms with van der Waals surface area (Å²) in [6.45, 7) is 6.54. The molecule has 3 heteroatoms. The van der Waals surface area contributed by atoms with E-state index in [9.17, 15) is 0 Å². The van der Waals surface area contributed by atoms with Gasteiger partial charge in [-0.15, -0.1) is 10.2 Å². The van der Waals surface area contributed by atoms with E-state index >= 15 is 0 Å². The Hall–Kier alpha value is -1.64. The minimum absolute atomic E-state index is 0.370. The van der Waals surface area contributed by atoms with Crippen molar-refractivity contribution in [2.24, 2.45) is 0 Å². The first-order chi connectivity index (χ1) is 10.2. The summed E-state index contributed by atoms with van der Waals surface area (Å²) < 4.78 is 5.79. The molecule has 0 saturated heterocycles. The highest BCUT2D eigenvalue weighted by molar-refractivity contribution is 5.22. The summed E-state index contributed by atoms with van der Waals surface area (Å²) in [5.74, 6) is 1.92. The molecule has 0 radical (unpaired) electrons. The van der Waals surface area contributed by atoms with Gasteiger partial charge in [-0.1, -0.05) is 57.9 Å². The molecule has 0 aliphatic heterocycles. The second-order valence-electron chi connectivity index (χ2n) is 5.75. The molecule has 21 heavy (non-hydrogen) atoms. The van der Waals surface area contributed by atoms with Gasteiger partial charge in [0.1, 0.15) is 0 Å². The van der Waals surface area contributed by atoms with Crippen LogP contribution < -0.4 is 0 Å². The van der Waals surface area contributed by atoms with Gasteiger partial charge < -0.3 is 4.42 Å². The summed E-state index contributed by atoms with van der Waals surface area (Å²) in [5, 5.41) is 8.37. The average Bonchev–Trinajstić information content (AvgIpc) is 3.00. The van der Waals surface area contributed by atoms with Crippen molar-refractivity contribution in [1.29, 1.82) is 0 Å². The van der Waals surface area contributed by atoms with E-state index < -0.39 is 0 Å². The Morgan fingerprint density at radius 2 is 1.71 bits per heavy atom. The zero-order valence-electron chi connectivity index (χ0n) is 13.4. The number of rotatable bonds is 8. The van der Waals surface area contributed by atoms with Crippen LogP contribution in [0.5, 0.6) is 0 Å². The summed E-state index contributed by atoms with van der Waals surface area (Å²) in [6.07, 6.45) is 6.40. The Balaban J connectivity index is 1.87. The second-order valence-corrected chi connectivity index (χ2v) is 5.75. The molecule has 0 N–H and O–H groups in total. The third-order valence-corrected chi connectivity index (χ3v) is 3.95. The number of nitrogens with zero attached hydrogens (tertiary/aromatic N) is 2. The van der Waals surface area contributed by atoms with Crippen molar-refractivity contribution in [3.63, 3.8) is 0 Å². The maximum atomic E-state index is 5.79. The van der Waals surface area contributed by atoms with Crippen LogP contribution in [0.15, 0.2) is 28.7 Å². The number of hydrogen-bond donors (Lipinski definition) is 0. The van der Waals surface area contributed by atoms with Gasteiger partial charge in [0.05, 0.1) is 0 Å². The third-order valence-electron chi connectivity index (χ3n) is 3.95. The number of hydrogen-bond acceptors (Lipinski definition) is 3. The van der Waals surface area contributed by atoms with Crippen LogP contribution in [0.2, 0.25) is 0 Å². The van der Waals surface area contributed by atoms with Crippen LogP contribution in [-0.4, -0.2) is 10.2 Å². The van der Waals surface area contributed by atoms with Crippen molar-refractivity contribution < 1.29 is 4.42 Å². The predicted molar refractivity (Wildman–Crippen MR) is 85.5 cm³/mol. The third kappa shape index (κ3) is 4.69. The molecule has 0 aliphatic rings. The first-order valence-corrected chi connectivity index (χ1v) is 8.13. The van der Waals surface area contributed by atoms with Gasteiger partial charge in [0.25, 0.3) is 0 Å². The average molecular weight is 286 g/mol. The molecular formula is C18H26N2O. The van der Waals surface area contributed by atoms with Gasteiger partial charge in [-0.25, -0.2) is 0 Å². The number of unbranched alkanes of at least 4 members (excludes halogenated alkanes) is 1. The fourth-order valence-electron chi connectivity index (χ4n) is 2.39. The minimum Gasteiger partial charge on any atom is -0.425 e. The van der Waals surface area contributed by atoms with Gasteiger partial charge in [0.15, 0.2) is 0 Å². The number of benzene rings is 1. The number of aromatic nitrogens is 2. The molecule has 1 unspecified atom stereocenters. The van der Waals surface area contributed by atoms with Crippen molar-refractivity contribution in [2.45, 2.75) is 65.2 Å². The van der Waals surface area contributed by atoms with Gasteiger partial charge in [-0.2, -0.15) is 0 Å². The normalized spacial score (nSPS) is 12.5. The highest BCUT2D eigenvalue weighted by atomic mass is 16.4. The molecule has 0 saturated carbocycles. The van der Waals surface area contributed by atoms with Crippen molar-refractivity contribution in [3.05, 3.63) is 47.2 Å². The lowest BCUT2D eigenvalue weighted by atomic mass is 10.0. The zero-order chi connectivity index (χ0) is 15.1. The molecule has 1 heterocycles. The Morgan fingerprint density at radius 3 is 2.38 bits per heavy atom. The lowest BCUT2D eigenvalue weighted by Crippen LogP contribution is -1.93. The first kappa shape index (κ1) is 15.7. The molecule has 0 aliphatic carbocycles. The van der Waals surface area contributed by atoms with E-state index in [-0.39, 0.29) is 0 Å². The number of aryl methyl sites for hydroxylation is 3. The van der Waals surface area contributed by atoms with Crippen molar-refractivity contribution in [1.82, 2.24) is 10.2 Å². The standard InChI is InChI=1S/C18H26N2O/c1-4-6-7-14(3)18-20-19-17(21-18)13-12-16-10-8-15(5-2)9-11-16/h8-11,14H,4-7,12-13H2,1-3H3. The van der Waals surface area contributed by atoms with Crippen LogP contribution in [0.3, 0.4) is 0 Å². The molecule has 0 fully saturated rings. The van der Waals surface area contributed by atoms with Crippen LogP contribution in [0.25, 0.3) is 0 Å². The smallest absolute Gasteiger partial charge is 0.219 e. The van der Waals surface area contributed by atoms with Gasteiger partial charge in [0, 0.05) is 12.3 Å². The molecule has 2 aromatic rings. The fourth-order valence-corrected chi connectivity index (χ4v) is 2.39. The minimum atomic E-state index is 0.370. The van der Waals surface area contributed by atoms with Crippen LogP contribution in [0, 0.1) is 0 Å². The van der Waals surface area contributed by atoms with E-state index in [0.29, 0.717) is 5.92 Å². The molecule has 0 bridgehead atoms. The molecular weight excluding hydrogens is 260 g/mol. The zero-order valence-corrected chi connectivity index (χ0v) is 13.4. The van der Waals surface area contributed by atoms with E-state index in [0.717, 1.165) is 37.5 Å². The van der Waals surface area contributed by atoms with Crippen LogP contribution >= 0.6 is 0 Å². The van der Waals surface area contributed by atoms with Gasteiger partial charge in [-0.3, -0.25) is 0 Å². The molecule has 3 nitrogen and oxygen atoms in total. The maximum absolute atomic E-state index is 5.79. The molecule has 0 spiro atoms. The Morgan fingerprint density at radius 1 is 1.00 bits per heavy atom. The largest absolute Gasteiger partial charge is 0.425 e. The lowest BCUT2D eigenvalue weighted by molar-refractivity contribution is 0.410. The molecule has 114 valence electrons. The summed E-state index contributed by atoms with van der Waals surface area (Å²) in [5.41, 5.74) is 2.70. The van der Waals surface area contributed by atoms with E-state index in [2.05, 4.69) is 55.2 Å². The summed E-state index contributed by atoms with van der Waals surface area (Å²) >= 11 is 0. The lowest BCUT2D eigenvalue weighted by Gasteiger charge is -2.04. The van der Waals surface area contributed by atoms with Crippen molar-refractivity contribution in [3.8, 4) is 0 Å². The summed E-state index contributed by atoms with van der Waals surface area (Å²) in [6, 6.07) is 8.78. The second kappa shape index (κ2) is 7.96. The quantitative estimate of drug-likeness (QED) is 0.705. The van der Waals surface area contributed by atoms with Gasteiger partial charge >= 0.3 is 0 Å². The maximum Gasteiger partial charge on any atom is 0.219 e. The van der Waals surface area contributed by atoms with Crippen molar-refractivity contribution in [2.75, 3.05) is 0 Å². The molecule has 1 aromatic heterocycles. The van der Waals surface area contributed by atoms with E-state index in [1.54, 1.807) is 0 Å². The summed E-state index contributed by atoms with van der Waals surface area (Å²) in [7, 11) is 0. The molecule has 1 aromatic carbocycles. The highest BCUT2D eigenvalue weighted by Crippen LogP contribution is 2.20. The first-order valence-electron chi connectivity index (χ1n) is 8.13. The van der Waals surface area contributed by atoms with Crippen LogP contribution in [0.4, 0.5) is 0 Å². The molecule has 2 rings (SSSR count). The highest BCUT2D eigenvalue weighted by Gasteiger charge is 2.13. The molecule has 0 amide bonds. The van der Waals surface area contributed by atoms with E-state index in [1.165, 1.54) is 24.0 Å². The monoisotopic (exact) mass is 286 g/mol. The predicted octanol–water partition coefficient (Wildman–Crippen LogP) is 4.71. The Kier molecular flexibility index (Phi) is 5.97. The van der Waals surface area contributed by atoms with E-state index in [4.69, 9.17) is 4.42 Å². The van der Waals surface area contributed by atoms with Crippen LogP contribution in [0.1, 0.15) is 68.9 Å². The van der Waals surface area contributed by atoms with Crippen LogP contribution in [-0.2, 0) is 19.3 Å².